The molecule has 2 atom stereocenters. The molecule has 2 aliphatic heterocycles. The summed E-state index contributed by atoms with van der Waals surface area (Å²) in [6.45, 7) is -0.217. The minimum absolute atomic E-state index is 0.0151. The molecule has 2 aromatic rings. The summed E-state index contributed by atoms with van der Waals surface area (Å²) in [4.78, 5) is 18.6. The lowest BCUT2D eigenvalue weighted by molar-refractivity contribution is -0.119. The normalized spacial score (nSPS) is 22.9. The number of amidine groups is 1. The van der Waals surface area contributed by atoms with Crippen molar-refractivity contribution in [3.05, 3.63) is 48.5 Å². The molecule has 4 rings (SSSR count). The van der Waals surface area contributed by atoms with Gasteiger partial charge in [-0.15, -0.1) is 0 Å². The van der Waals surface area contributed by atoms with E-state index < -0.39 is 15.7 Å². The Hall–Kier alpha value is -2.72. The number of hydrogen-bond acceptors (Lipinski definition) is 7. The van der Waals surface area contributed by atoms with E-state index in [4.69, 9.17) is 14.2 Å². The largest absolute Gasteiger partial charge is 0.497 e. The number of aliphatic imine (C=N–C) groups is 1. The van der Waals surface area contributed by atoms with Crippen LogP contribution in [0.5, 0.6) is 17.2 Å². The second-order valence-electron chi connectivity index (χ2n) is 7.10. The number of fused-ring (bicyclic) bond motifs is 1. The minimum Gasteiger partial charge on any atom is -0.497 e. The number of rotatable bonds is 6. The number of ether oxygens (including phenoxy) is 3. The van der Waals surface area contributed by atoms with Crippen molar-refractivity contribution >= 4 is 38.4 Å². The molecule has 2 aromatic carbocycles. The molecule has 8 nitrogen and oxygen atoms in total. The van der Waals surface area contributed by atoms with Gasteiger partial charge >= 0.3 is 0 Å². The van der Waals surface area contributed by atoms with Crippen LogP contribution in [0.25, 0.3) is 0 Å². The van der Waals surface area contributed by atoms with Gasteiger partial charge in [0.2, 0.25) is 0 Å². The minimum atomic E-state index is -3.18. The van der Waals surface area contributed by atoms with Crippen LogP contribution in [0.15, 0.2) is 53.5 Å². The Balaban J connectivity index is 1.65. The third-order valence-electron chi connectivity index (χ3n) is 5.04. The standard InChI is InChI=1S/C21H22N2O6S2/c1-27-15-8-9-18(28-2)16(10-15)23-17-12-31(25,26)13-19(17)30-21(23)22-20(24)11-29-14-6-4-3-5-7-14/h3-10,17,19H,11-13H2,1-2H3. The number of para-hydroxylation sites is 1. The lowest BCUT2D eigenvalue weighted by Gasteiger charge is -2.26. The van der Waals surface area contributed by atoms with E-state index in [1.807, 2.05) is 18.2 Å². The number of amides is 1. The maximum absolute atomic E-state index is 12.5. The fraction of sp³-hybridized carbons (Fsp3) is 0.333. The van der Waals surface area contributed by atoms with Gasteiger partial charge in [-0.1, -0.05) is 30.0 Å². The SMILES string of the molecule is COc1ccc(OC)c(N2C(=NC(=O)COc3ccccc3)SC3CS(=O)(=O)CC32)c1. The number of benzene rings is 2. The van der Waals surface area contributed by atoms with Crippen molar-refractivity contribution in [3.8, 4) is 17.2 Å². The molecule has 164 valence electrons. The molecule has 0 aromatic heterocycles. The second kappa shape index (κ2) is 8.80. The third-order valence-corrected chi connectivity index (χ3v) is 8.25. The summed E-state index contributed by atoms with van der Waals surface area (Å²) in [5.41, 5.74) is 0.606. The smallest absolute Gasteiger partial charge is 0.285 e. The molecular formula is C21H22N2O6S2. The Morgan fingerprint density at radius 2 is 1.87 bits per heavy atom. The number of nitrogens with zero attached hydrogens (tertiary/aromatic N) is 2. The van der Waals surface area contributed by atoms with Crippen LogP contribution >= 0.6 is 11.8 Å². The van der Waals surface area contributed by atoms with Crippen molar-refractivity contribution in [2.45, 2.75) is 11.3 Å². The molecule has 2 unspecified atom stereocenters. The Labute approximate surface area is 185 Å². The van der Waals surface area contributed by atoms with E-state index in [9.17, 15) is 13.2 Å². The first kappa shape index (κ1) is 21.5. The van der Waals surface area contributed by atoms with Gasteiger partial charge in [0.15, 0.2) is 21.6 Å². The molecule has 31 heavy (non-hydrogen) atoms. The summed E-state index contributed by atoms with van der Waals surface area (Å²) in [6, 6.07) is 13.9. The van der Waals surface area contributed by atoms with Crippen molar-refractivity contribution in [2.24, 2.45) is 4.99 Å². The number of carbonyl (C=O) groups excluding carboxylic acids is 1. The van der Waals surface area contributed by atoms with Crippen LogP contribution in [-0.2, 0) is 14.6 Å². The number of carbonyl (C=O) groups is 1. The molecule has 0 aliphatic carbocycles. The highest BCUT2D eigenvalue weighted by molar-refractivity contribution is 8.16. The predicted octanol–water partition coefficient (Wildman–Crippen LogP) is 2.38. The van der Waals surface area contributed by atoms with Crippen LogP contribution in [0.4, 0.5) is 5.69 Å². The quantitative estimate of drug-likeness (QED) is 0.646. The molecule has 0 radical (unpaired) electrons. The number of sulfone groups is 1. The van der Waals surface area contributed by atoms with Crippen LogP contribution in [-0.4, -0.2) is 63.1 Å². The maximum atomic E-state index is 12.5. The van der Waals surface area contributed by atoms with Crippen LogP contribution < -0.4 is 19.1 Å². The Morgan fingerprint density at radius 1 is 1.10 bits per heavy atom. The first-order valence-corrected chi connectivity index (χ1v) is 12.3. The molecule has 0 N–H and O–H groups in total. The first-order valence-electron chi connectivity index (χ1n) is 9.58. The highest BCUT2D eigenvalue weighted by Gasteiger charge is 2.50. The first-order chi connectivity index (χ1) is 14.9. The molecule has 1 amide bonds. The lowest BCUT2D eigenvalue weighted by Crippen LogP contribution is -2.38. The summed E-state index contributed by atoms with van der Waals surface area (Å²) in [5, 5.41) is 0.209. The highest BCUT2D eigenvalue weighted by Crippen LogP contribution is 2.44. The lowest BCUT2D eigenvalue weighted by atomic mass is 10.2. The summed E-state index contributed by atoms with van der Waals surface area (Å²) in [7, 11) is -0.0960. The zero-order valence-electron chi connectivity index (χ0n) is 17.1. The Kier molecular flexibility index (Phi) is 6.10. The van der Waals surface area contributed by atoms with Crippen LogP contribution in [0.1, 0.15) is 0 Å². The third kappa shape index (κ3) is 4.64. The number of hydrogen-bond donors (Lipinski definition) is 0. The van der Waals surface area contributed by atoms with E-state index in [0.717, 1.165) is 0 Å². The van der Waals surface area contributed by atoms with Crippen molar-refractivity contribution in [1.29, 1.82) is 0 Å². The molecular weight excluding hydrogens is 440 g/mol. The molecule has 2 heterocycles. The van der Waals surface area contributed by atoms with E-state index in [2.05, 4.69) is 4.99 Å². The van der Waals surface area contributed by atoms with Crippen molar-refractivity contribution in [1.82, 2.24) is 0 Å². The van der Waals surface area contributed by atoms with Gasteiger partial charge < -0.3 is 19.1 Å². The zero-order valence-corrected chi connectivity index (χ0v) is 18.7. The van der Waals surface area contributed by atoms with Gasteiger partial charge in [0.05, 0.1) is 37.5 Å². The average molecular weight is 463 g/mol. The topological polar surface area (TPSA) is 94.5 Å². The molecule has 2 saturated heterocycles. The number of anilines is 1. The van der Waals surface area contributed by atoms with Crippen LogP contribution in [0.3, 0.4) is 0 Å². The van der Waals surface area contributed by atoms with Gasteiger partial charge in [-0.2, -0.15) is 4.99 Å². The monoisotopic (exact) mass is 462 g/mol. The fourth-order valence-electron chi connectivity index (χ4n) is 3.63. The summed E-state index contributed by atoms with van der Waals surface area (Å²) >= 11 is 1.29. The number of thioether (sulfide) groups is 1. The van der Waals surface area contributed by atoms with Gasteiger partial charge in [0, 0.05) is 11.3 Å². The van der Waals surface area contributed by atoms with Crippen molar-refractivity contribution in [3.63, 3.8) is 0 Å². The maximum Gasteiger partial charge on any atom is 0.285 e. The van der Waals surface area contributed by atoms with Gasteiger partial charge in [-0.05, 0) is 24.3 Å². The van der Waals surface area contributed by atoms with E-state index in [1.165, 1.54) is 18.9 Å². The summed E-state index contributed by atoms with van der Waals surface area (Å²) in [5.74, 6) is 1.26. The van der Waals surface area contributed by atoms with E-state index in [0.29, 0.717) is 28.1 Å². The van der Waals surface area contributed by atoms with E-state index in [1.54, 1.807) is 42.3 Å². The van der Waals surface area contributed by atoms with E-state index in [-0.39, 0.29) is 29.4 Å². The molecule has 0 spiro atoms. The van der Waals surface area contributed by atoms with Crippen molar-refractivity contribution in [2.75, 3.05) is 37.2 Å². The fourth-order valence-corrected chi connectivity index (χ4v) is 7.56. The van der Waals surface area contributed by atoms with Crippen LogP contribution in [0.2, 0.25) is 0 Å². The Morgan fingerprint density at radius 3 is 2.58 bits per heavy atom. The van der Waals surface area contributed by atoms with Gasteiger partial charge in [-0.25, -0.2) is 8.42 Å². The van der Waals surface area contributed by atoms with Gasteiger partial charge in [0.25, 0.3) is 5.91 Å². The molecule has 2 aliphatic rings. The second-order valence-corrected chi connectivity index (χ2v) is 10.5. The summed E-state index contributed by atoms with van der Waals surface area (Å²) < 4.78 is 40.9. The average Bonchev–Trinajstić information content (AvgIpc) is 3.23. The molecule has 10 heteroatoms. The van der Waals surface area contributed by atoms with Gasteiger partial charge in [0.1, 0.15) is 17.2 Å². The van der Waals surface area contributed by atoms with Gasteiger partial charge in [-0.3, -0.25) is 4.79 Å². The molecule has 0 saturated carbocycles. The highest BCUT2D eigenvalue weighted by atomic mass is 32.2. The van der Waals surface area contributed by atoms with Crippen LogP contribution in [0, 0.1) is 0 Å². The van der Waals surface area contributed by atoms with Crippen molar-refractivity contribution < 1.29 is 27.4 Å². The van der Waals surface area contributed by atoms with E-state index >= 15 is 0 Å². The molecule has 2 fully saturated rings. The predicted molar refractivity (Wildman–Crippen MR) is 120 cm³/mol. The zero-order chi connectivity index (χ0) is 22.0. The Bertz CT molecular complexity index is 1100. The summed E-state index contributed by atoms with van der Waals surface area (Å²) in [6.07, 6.45) is 0. The molecule has 0 bridgehead atoms. The number of methoxy groups -OCH3 is 2.